The fraction of sp³-hybridized carbons (Fsp3) is 0.0769. The molecule has 0 aromatic heterocycles. The summed E-state index contributed by atoms with van der Waals surface area (Å²) in [6.45, 7) is 0. The first-order valence-electron chi connectivity index (χ1n) is 5.41. The molecule has 3 rings (SSSR count). The highest BCUT2D eigenvalue weighted by molar-refractivity contribution is 14.1. The van der Waals surface area contributed by atoms with Gasteiger partial charge < -0.3 is 10.2 Å². The van der Waals surface area contributed by atoms with Gasteiger partial charge in [-0.2, -0.15) is 0 Å². The summed E-state index contributed by atoms with van der Waals surface area (Å²) in [6, 6.07) is 11.3. The van der Waals surface area contributed by atoms with E-state index in [0.717, 1.165) is 17.4 Å². The van der Waals surface area contributed by atoms with Gasteiger partial charge in [0.15, 0.2) is 4.17 Å². The Balaban J connectivity index is 2.12. The number of halogens is 3. The molecule has 0 amide bonds. The smallest absolute Gasteiger partial charge is 0.157 e. The molecule has 0 radical (unpaired) electrons. The molecule has 18 heavy (non-hydrogen) atoms. The second-order valence-corrected chi connectivity index (χ2v) is 5.14. The van der Waals surface area contributed by atoms with Crippen molar-refractivity contribution < 1.29 is 8.78 Å². The molecule has 1 atom stereocenters. The van der Waals surface area contributed by atoms with E-state index in [-0.39, 0.29) is 4.17 Å². The van der Waals surface area contributed by atoms with Crippen molar-refractivity contribution in [2.24, 2.45) is 0 Å². The average molecular weight is 358 g/mol. The van der Waals surface area contributed by atoms with Crippen LogP contribution in [-0.2, 0) is 0 Å². The zero-order valence-electron chi connectivity index (χ0n) is 9.20. The highest BCUT2D eigenvalue weighted by Gasteiger charge is 2.29. The number of hydrogen-bond donors (Lipinski definition) is 1. The lowest BCUT2D eigenvalue weighted by Gasteiger charge is -2.23. The van der Waals surface area contributed by atoms with Gasteiger partial charge in [0, 0.05) is 6.07 Å². The van der Waals surface area contributed by atoms with Crippen molar-refractivity contribution in [3.05, 3.63) is 54.1 Å². The first kappa shape index (κ1) is 11.7. The average Bonchev–Trinajstić information content (AvgIpc) is 2.66. The molecule has 1 aliphatic rings. The monoisotopic (exact) mass is 358 g/mol. The second kappa shape index (κ2) is 4.38. The van der Waals surface area contributed by atoms with E-state index in [1.165, 1.54) is 12.1 Å². The molecule has 1 aliphatic heterocycles. The minimum Gasteiger partial charge on any atom is -0.355 e. The van der Waals surface area contributed by atoms with Crippen LogP contribution in [0.3, 0.4) is 0 Å². The van der Waals surface area contributed by atoms with Crippen molar-refractivity contribution in [1.82, 2.24) is 0 Å². The van der Waals surface area contributed by atoms with Crippen molar-refractivity contribution in [1.29, 1.82) is 0 Å². The third kappa shape index (κ3) is 1.82. The van der Waals surface area contributed by atoms with Gasteiger partial charge in [0.25, 0.3) is 0 Å². The normalized spacial score (nSPS) is 17.5. The van der Waals surface area contributed by atoms with Crippen LogP contribution in [0.1, 0.15) is 0 Å². The number of anilines is 3. The quantitative estimate of drug-likeness (QED) is 0.466. The molecule has 92 valence electrons. The fourth-order valence-electron chi connectivity index (χ4n) is 2.05. The summed E-state index contributed by atoms with van der Waals surface area (Å²) >= 11 is 2.17. The predicted octanol–water partition coefficient (Wildman–Crippen LogP) is 4.25. The number of alkyl halides is 1. The predicted molar refractivity (Wildman–Crippen MR) is 76.4 cm³/mol. The number of rotatable bonds is 1. The Labute approximate surface area is 117 Å². The summed E-state index contributed by atoms with van der Waals surface area (Å²) in [5.74, 6) is -1.13. The molecule has 2 aromatic rings. The summed E-state index contributed by atoms with van der Waals surface area (Å²) in [7, 11) is 0. The molecule has 1 unspecified atom stereocenters. The zero-order valence-corrected chi connectivity index (χ0v) is 11.4. The Morgan fingerprint density at radius 2 is 1.83 bits per heavy atom. The van der Waals surface area contributed by atoms with E-state index in [1.54, 1.807) is 0 Å². The number of benzene rings is 2. The molecule has 5 heteroatoms. The van der Waals surface area contributed by atoms with Crippen molar-refractivity contribution in [3.8, 4) is 0 Å². The molecule has 2 nitrogen and oxygen atoms in total. The van der Waals surface area contributed by atoms with Crippen molar-refractivity contribution in [2.75, 3.05) is 10.2 Å². The Kier molecular flexibility index (Phi) is 2.85. The first-order chi connectivity index (χ1) is 8.66. The van der Waals surface area contributed by atoms with Gasteiger partial charge in [-0.3, -0.25) is 0 Å². The van der Waals surface area contributed by atoms with Crippen molar-refractivity contribution >= 4 is 39.7 Å². The fourth-order valence-corrected chi connectivity index (χ4v) is 2.98. The molecule has 0 aliphatic carbocycles. The Hall–Kier alpha value is -1.37. The summed E-state index contributed by atoms with van der Waals surface area (Å²) in [6.07, 6.45) is 0. The molecule has 0 spiro atoms. The van der Waals surface area contributed by atoms with Crippen LogP contribution >= 0.6 is 22.6 Å². The summed E-state index contributed by atoms with van der Waals surface area (Å²) in [4.78, 5) is 1.81. The highest BCUT2D eigenvalue weighted by Crippen LogP contribution is 2.42. The summed E-state index contributed by atoms with van der Waals surface area (Å²) < 4.78 is 26.7. The third-order valence-electron chi connectivity index (χ3n) is 2.83. The van der Waals surface area contributed by atoms with E-state index in [1.807, 2.05) is 29.2 Å². The van der Waals surface area contributed by atoms with Crippen molar-refractivity contribution in [3.63, 3.8) is 0 Å². The maximum absolute atomic E-state index is 13.9. The maximum Gasteiger partial charge on any atom is 0.157 e. The Morgan fingerprint density at radius 1 is 1.06 bits per heavy atom. The number of nitrogens with one attached hydrogen (secondary N) is 1. The molecule has 1 heterocycles. The van der Waals surface area contributed by atoms with Crippen LogP contribution in [0.15, 0.2) is 42.5 Å². The Morgan fingerprint density at radius 3 is 2.61 bits per heavy atom. The van der Waals surface area contributed by atoms with Crippen molar-refractivity contribution in [2.45, 2.75) is 4.17 Å². The molecule has 1 N–H and O–H groups in total. The number of nitrogens with zero attached hydrogens (tertiary/aromatic N) is 1. The Bertz CT molecular complexity index is 603. The molecular weight excluding hydrogens is 349 g/mol. The lowest BCUT2D eigenvalue weighted by Crippen LogP contribution is -2.26. The van der Waals surface area contributed by atoms with Gasteiger partial charge in [-0.25, -0.2) is 8.78 Å². The van der Waals surface area contributed by atoms with Gasteiger partial charge in [-0.05, 0) is 46.9 Å². The summed E-state index contributed by atoms with van der Waals surface area (Å²) in [5, 5.41) is 3.24. The van der Waals surface area contributed by atoms with Crippen LogP contribution in [0.25, 0.3) is 0 Å². The van der Waals surface area contributed by atoms with Crippen LogP contribution in [0.5, 0.6) is 0 Å². The van der Waals surface area contributed by atoms with Gasteiger partial charge in [-0.1, -0.05) is 12.1 Å². The van der Waals surface area contributed by atoms with E-state index >= 15 is 0 Å². The minimum atomic E-state index is -0.568. The van der Waals surface area contributed by atoms with Gasteiger partial charge in [0.1, 0.15) is 11.6 Å². The molecule has 0 fully saturated rings. The lowest BCUT2D eigenvalue weighted by atomic mass is 10.2. The number of hydrogen-bond acceptors (Lipinski definition) is 2. The third-order valence-corrected chi connectivity index (χ3v) is 3.70. The standard InChI is InChI=1S/C13H9F2IN2/c14-8-5-6-11(9(15)7-8)18-12-4-2-1-3-10(12)17-13(18)16/h1-7,13,17H. The topological polar surface area (TPSA) is 15.3 Å². The van der Waals surface area contributed by atoms with Gasteiger partial charge in [0.2, 0.25) is 0 Å². The second-order valence-electron chi connectivity index (χ2n) is 3.96. The van der Waals surface area contributed by atoms with E-state index in [2.05, 4.69) is 27.9 Å². The van der Waals surface area contributed by atoms with Gasteiger partial charge in [0.05, 0.1) is 17.1 Å². The van der Waals surface area contributed by atoms with Gasteiger partial charge >= 0.3 is 0 Å². The van der Waals surface area contributed by atoms with Crippen LogP contribution in [0, 0.1) is 11.6 Å². The highest BCUT2D eigenvalue weighted by atomic mass is 127. The minimum absolute atomic E-state index is 0.0973. The maximum atomic E-state index is 13.9. The van der Waals surface area contributed by atoms with E-state index in [4.69, 9.17) is 0 Å². The van der Waals surface area contributed by atoms with Crippen LogP contribution in [-0.4, -0.2) is 4.17 Å². The first-order valence-corrected chi connectivity index (χ1v) is 6.65. The lowest BCUT2D eigenvalue weighted by molar-refractivity contribution is 0.583. The zero-order chi connectivity index (χ0) is 12.7. The summed E-state index contributed by atoms with van der Waals surface area (Å²) in [5.41, 5.74) is 2.20. The van der Waals surface area contributed by atoms with E-state index in [9.17, 15) is 8.78 Å². The molecule has 0 bridgehead atoms. The molecular formula is C13H9F2IN2. The van der Waals surface area contributed by atoms with E-state index in [0.29, 0.717) is 5.69 Å². The van der Waals surface area contributed by atoms with E-state index < -0.39 is 11.6 Å². The molecule has 0 saturated heterocycles. The molecule has 0 saturated carbocycles. The van der Waals surface area contributed by atoms with Crippen LogP contribution in [0.4, 0.5) is 25.8 Å². The number of fused-ring (bicyclic) bond motifs is 1. The van der Waals surface area contributed by atoms with Crippen LogP contribution in [0.2, 0.25) is 0 Å². The molecule has 2 aromatic carbocycles. The van der Waals surface area contributed by atoms with Gasteiger partial charge in [-0.15, -0.1) is 0 Å². The largest absolute Gasteiger partial charge is 0.355 e. The van der Waals surface area contributed by atoms with Crippen LogP contribution < -0.4 is 10.2 Å². The number of para-hydroxylation sites is 2. The SMILES string of the molecule is Fc1ccc(N2c3ccccc3NC2I)c(F)c1.